The van der Waals surface area contributed by atoms with Gasteiger partial charge in [-0.15, -0.1) is 0 Å². The van der Waals surface area contributed by atoms with Crippen molar-refractivity contribution in [3.63, 3.8) is 0 Å². The highest BCUT2D eigenvalue weighted by molar-refractivity contribution is 7.80. The zero-order chi connectivity index (χ0) is 10.8. The number of hydrogen-bond donors (Lipinski definition) is 1. The quantitative estimate of drug-likeness (QED) is 0.614. The first kappa shape index (κ1) is 11.2. The van der Waals surface area contributed by atoms with E-state index in [9.17, 15) is 13.2 Å². The van der Waals surface area contributed by atoms with Crippen LogP contribution >= 0.6 is 12.6 Å². The molecule has 1 aromatic heterocycles. The first-order chi connectivity index (χ1) is 6.43. The summed E-state index contributed by atoms with van der Waals surface area (Å²) in [6, 6.07) is 0.936. The number of alkyl halides is 3. The van der Waals surface area contributed by atoms with Gasteiger partial charge in [0.15, 0.2) is 5.69 Å². The maximum absolute atomic E-state index is 12.1. The normalized spacial score (nSPS) is 11.7. The molecule has 0 aliphatic heterocycles. The standard InChI is InChI=1S/C8H9F3N2S/c1-6(5-14)4-13-3-2-7(12-13)8(9,10)11/h2-3,14H,1,4-5H2. The second-order valence-electron chi connectivity index (χ2n) is 2.80. The lowest BCUT2D eigenvalue weighted by Gasteiger charge is -2.03. The summed E-state index contributed by atoms with van der Waals surface area (Å²) in [6.45, 7) is 3.88. The predicted molar refractivity (Wildman–Crippen MR) is 50.2 cm³/mol. The van der Waals surface area contributed by atoms with Crippen molar-refractivity contribution in [1.82, 2.24) is 9.78 Å². The molecule has 0 N–H and O–H groups in total. The molecule has 0 fully saturated rings. The molecule has 0 unspecified atom stereocenters. The topological polar surface area (TPSA) is 17.8 Å². The van der Waals surface area contributed by atoms with Crippen molar-refractivity contribution >= 4 is 12.6 Å². The van der Waals surface area contributed by atoms with E-state index in [0.717, 1.165) is 6.07 Å². The number of aromatic nitrogens is 2. The summed E-state index contributed by atoms with van der Waals surface area (Å²) in [5.74, 6) is 0.432. The Morgan fingerprint density at radius 2 is 2.21 bits per heavy atom. The Bertz CT molecular complexity index is 330. The van der Waals surface area contributed by atoms with E-state index < -0.39 is 11.9 Å². The number of hydrogen-bond acceptors (Lipinski definition) is 2. The van der Waals surface area contributed by atoms with Crippen molar-refractivity contribution < 1.29 is 13.2 Å². The molecular weight excluding hydrogens is 213 g/mol. The van der Waals surface area contributed by atoms with Crippen LogP contribution in [0.4, 0.5) is 13.2 Å². The van der Waals surface area contributed by atoms with Gasteiger partial charge < -0.3 is 0 Å². The Balaban J connectivity index is 2.74. The molecule has 0 saturated carbocycles. The molecule has 0 aliphatic carbocycles. The second kappa shape index (κ2) is 4.08. The average Bonchev–Trinajstić information content (AvgIpc) is 2.51. The van der Waals surface area contributed by atoms with Crippen LogP contribution < -0.4 is 0 Å². The average molecular weight is 222 g/mol. The molecular formula is C8H9F3N2S. The van der Waals surface area contributed by atoms with Crippen LogP contribution in [0, 0.1) is 0 Å². The van der Waals surface area contributed by atoms with Gasteiger partial charge in [0.05, 0.1) is 6.54 Å². The highest BCUT2D eigenvalue weighted by atomic mass is 32.1. The third-order valence-electron chi connectivity index (χ3n) is 1.54. The molecule has 0 radical (unpaired) electrons. The first-order valence-corrected chi connectivity index (χ1v) is 4.45. The zero-order valence-electron chi connectivity index (χ0n) is 7.25. The van der Waals surface area contributed by atoms with Crippen molar-refractivity contribution in [3.8, 4) is 0 Å². The van der Waals surface area contributed by atoms with Crippen molar-refractivity contribution in [2.24, 2.45) is 0 Å². The van der Waals surface area contributed by atoms with Crippen molar-refractivity contribution in [2.45, 2.75) is 12.7 Å². The van der Waals surface area contributed by atoms with Gasteiger partial charge in [0.2, 0.25) is 0 Å². The van der Waals surface area contributed by atoms with E-state index in [4.69, 9.17) is 0 Å². The van der Waals surface area contributed by atoms with Gasteiger partial charge in [-0.25, -0.2) is 0 Å². The van der Waals surface area contributed by atoms with E-state index in [0.29, 0.717) is 11.3 Å². The molecule has 0 atom stereocenters. The molecule has 1 rings (SSSR count). The third kappa shape index (κ3) is 2.80. The molecule has 6 heteroatoms. The SMILES string of the molecule is C=C(CS)Cn1ccc(C(F)(F)F)n1. The van der Waals surface area contributed by atoms with E-state index in [1.165, 1.54) is 10.9 Å². The van der Waals surface area contributed by atoms with Crippen LogP contribution in [-0.2, 0) is 12.7 Å². The largest absolute Gasteiger partial charge is 0.435 e. The number of nitrogens with zero attached hydrogens (tertiary/aromatic N) is 2. The van der Waals surface area contributed by atoms with Crippen LogP contribution in [0.15, 0.2) is 24.4 Å². The van der Waals surface area contributed by atoms with Gasteiger partial charge in [-0.1, -0.05) is 6.58 Å². The van der Waals surface area contributed by atoms with Gasteiger partial charge in [0, 0.05) is 11.9 Å². The van der Waals surface area contributed by atoms with Crippen LogP contribution in [0.25, 0.3) is 0 Å². The smallest absolute Gasteiger partial charge is 0.268 e. The molecule has 14 heavy (non-hydrogen) atoms. The summed E-state index contributed by atoms with van der Waals surface area (Å²) in [7, 11) is 0. The van der Waals surface area contributed by atoms with Crippen LogP contribution in [0.2, 0.25) is 0 Å². The summed E-state index contributed by atoms with van der Waals surface area (Å²) in [5, 5.41) is 3.37. The fraction of sp³-hybridized carbons (Fsp3) is 0.375. The minimum atomic E-state index is -4.38. The molecule has 1 aromatic rings. The molecule has 0 amide bonds. The van der Waals surface area contributed by atoms with Crippen LogP contribution in [0.1, 0.15) is 5.69 Å². The molecule has 0 aliphatic rings. The summed E-state index contributed by atoms with van der Waals surface area (Å²) in [6.07, 6.45) is -3.11. The van der Waals surface area contributed by atoms with Gasteiger partial charge in [-0.2, -0.15) is 30.9 Å². The molecule has 78 valence electrons. The fourth-order valence-corrected chi connectivity index (χ4v) is 0.980. The Morgan fingerprint density at radius 3 is 2.64 bits per heavy atom. The van der Waals surface area contributed by atoms with Gasteiger partial charge in [-0.05, 0) is 11.6 Å². The van der Waals surface area contributed by atoms with Gasteiger partial charge >= 0.3 is 6.18 Å². The number of halogens is 3. The van der Waals surface area contributed by atoms with E-state index in [-0.39, 0.29) is 6.54 Å². The van der Waals surface area contributed by atoms with Crippen molar-refractivity contribution in [3.05, 3.63) is 30.1 Å². The van der Waals surface area contributed by atoms with Crippen molar-refractivity contribution in [2.75, 3.05) is 5.75 Å². The highest BCUT2D eigenvalue weighted by Crippen LogP contribution is 2.27. The first-order valence-electron chi connectivity index (χ1n) is 3.81. The highest BCUT2D eigenvalue weighted by Gasteiger charge is 2.33. The molecule has 0 aromatic carbocycles. The zero-order valence-corrected chi connectivity index (χ0v) is 8.15. The Hall–Kier alpha value is -0.910. The molecule has 0 saturated heterocycles. The summed E-state index contributed by atoms with van der Waals surface area (Å²) >= 11 is 3.95. The van der Waals surface area contributed by atoms with E-state index in [2.05, 4.69) is 24.3 Å². The van der Waals surface area contributed by atoms with E-state index >= 15 is 0 Å². The maximum atomic E-state index is 12.1. The lowest BCUT2D eigenvalue weighted by Crippen LogP contribution is -2.08. The van der Waals surface area contributed by atoms with Crippen LogP contribution in [0.3, 0.4) is 0 Å². The lowest BCUT2D eigenvalue weighted by molar-refractivity contribution is -0.141. The van der Waals surface area contributed by atoms with Crippen LogP contribution in [0.5, 0.6) is 0 Å². The number of rotatable bonds is 3. The van der Waals surface area contributed by atoms with Gasteiger partial charge in [0.1, 0.15) is 0 Å². The molecule has 1 heterocycles. The van der Waals surface area contributed by atoms with Gasteiger partial charge in [0.25, 0.3) is 0 Å². The van der Waals surface area contributed by atoms with Gasteiger partial charge in [-0.3, -0.25) is 4.68 Å². The summed E-state index contributed by atoms with van der Waals surface area (Å²) in [4.78, 5) is 0. The third-order valence-corrected chi connectivity index (χ3v) is 1.99. The Morgan fingerprint density at radius 1 is 1.57 bits per heavy atom. The summed E-state index contributed by atoms with van der Waals surface area (Å²) < 4.78 is 37.5. The summed E-state index contributed by atoms with van der Waals surface area (Å²) in [5.41, 5.74) is -0.172. The lowest BCUT2D eigenvalue weighted by atomic mass is 10.3. The maximum Gasteiger partial charge on any atom is 0.435 e. The number of thiol groups is 1. The minimum Gasteiger partial charge on any atom is -0.268 e. The Labute approximate surface area is 84.8 Å². The monoisotopic (exact) mass is 222 g/mol. The Kier molecular flexibility index (Phi) is 3.25. The molecule has 0 spiro atoms. The predicted octanol–water partition coefficient (Wildman–Crippen LogP) is 2.39. The van der Waals surface area contributed by atoms with E-state index in [1.54, 1.807) is 0 Å². The van der Waals surface area contributed by atoms with Crippen LogP contribution in [-0.4, -0.2) is 15.5 Å². The van der Waals surface area contributed by atoms with Crippen molar-refractivity contribution in [1.29, 1.82) is 0 Å². The van der Waals surface area contributed by atoms with E-state index in [1.807, 2.05) is 0 Å². The molecule has 2 nitrogen and oxygen atoms in total. The fourth-order valence-electron chi connectivity index (χ4n) is 0.880. The second-order valence-corrected chi connectivity index (χ2v) is 3.12. The molecule has 0 bridgehead atoms. The minimum absolute atomic E-state index is 0.263.